The van der Waals surface area contributed by atoms with Crippen molar-refractivity contribution in [2.45, 2.75) is 6.42 Å². The third-order valence-corrected chi connectivity index (χ3v) is 4.68. The molecule has 1 atom stereocenters. The molecule has 2 aromatic carbocycles. The van der Waals surface area contributed by atoms with E-state index in [9.17, 15) is 9.59 Å². The molecular weight excluding hydrogens is 348 g/mol. The number of hydrogen-bond acceptors (Lipinski definition) is 5. The van der Waals surface area contributed by atoms with Gasteiger partial charge >= 0.3 is 0 Å². The van der Waals surface area contributed by atoms with Gasteiger partial charge in [-0.05, 0) is 24.3 Å². The van der Waals surface area contributed by atoms with Crippen LogP contribution in [0.25, 0.3) is 0 Å². The number of fused-ring (bicyclic) bond motifs is 1. The topological polar surface area (TPSA) is 77.1 Å². The van der Waals surface area contributed by atoms with Gasteiger partial charge in [0.1, 0.15) is 19.0 Å². The van der Waals surface area contributed by atoms with Gasteiger partial charge in [-0.15, -0.1) is 0 Å². The first kappa shape index (κ1) is 17.2. The first-order valence-corrected chi connectivity index (χ1v) is 8.79. The molecule has 2 amide bonds. The average molecular weight is 368 g/mol. The zero-order chi connectivity index (χ0) is 18.8. The van der Waals surface area contributed by atoms with Crippen LogP contribution in [0.5, 0.6) is 17.2 Å². The van der Waals surface area contributed by atoms with Gasteiger partial charge in [0.2, 0.25) is 11.8 Å². The fourth-order valence-electron chi connectivity index (χ4n) is 3.33. The molecule has 0 saturated carbocycles. The van der Waals surface area contributed by atoms with Crippen LogP contribution in [0.4, 0.5) is 11.4 Å². The number of nitrogens with one attached hydrogen (secondary N) is 1. The number of nitrogens with zero attached hydrogens (tertiary/aromatic N) is 1. The average Bonchev–Trinajstić information content (AvgIpc) is 3.09. The molecule has 0 unspecified atom stereocenters. The second kappa shape index (κ2) is 7.19. The maximum Gasteiger partial charge on any atom is 0.229 e. The van der Waals surface area contributed by atoms with Crippen LogP contribution >= 0.6 is 0 Å². The summed E-state index contributed by atoms with van der Waals surface area (Å²) in [7, 11) is 1.56. The number of carbonyl (C=O) groups is 2. The molecule has 0 bridgehead atoms. The number of rotatable bonds is 4. The van der Waals surface area contributed by atoms with Crippen LogP contribution in [0.15, 0.2) is 42.5 Å². The second-order valence-electron chi connectivity index (χ2n) is 6.42. The minimum atomic E-state index is -0.435. The number of para-hydroxylation sites is 2. The van der Waals surface area contributed by atoms with E-state index in [2.05, 4.69) is 5.32 Å². The van der Waals surface area contributed by atoms with Crippen LogP contribution in [-0.4, -0.2) is 38.7 Å². The Bertz CT molecular complexity index is 882. The molecule has 0 radical (unpaired) electrons. The number of carbonyl (C=O) groups excluding carboxylic acids is 2. The smallest absolute Gasteiger partial charge is 0.229 e. The standard InChI is InChI=1S/C20H20N2O5/c1-25-16-5-3-2-4-15(16)22-12-13(10-19(22)23)20(24)21-14-6-7-17-18(11-14)27-9-8-26-17/h2-7,11,13H,8-10,12H2,1H3,(H,21,24)/t13-/m0/s1. The first-order chi connectivity index (χ1) is 13.2. The quantitative estimate of drug-likeness (QED) is 0.897. The summed E-state index contributed by atoms with van der Waals surface area (Å²) in [5.74, 6) is 1.16. The summed E-state index contributed by atoms with van der Waals surface area (Å²) in [4.78, 5) is 26.7. The van der Waals surface area contributed by atoms with Crippen LogP contribution in [0.1, 0.15) is 6.42 Å². The molecule has 1 N–H and O–H groups in total. The van der Waals surface area contributed by atoms with Gasteiger partial charge in [-0.25, -0.2) is 0 Å². The van der Waals surface area contributed by atoms with E-state index in [0.29, 0.717) is 48.4 Å². The minimum absolute atomic E-state index is 0.0955. The molecule has 4 rings (SSSR count). The molecule has 2 aliphatic rings. The number of methoxy groups -OCH3 is 1. The van der Waals surface area contributed by atoms with Crippen molar-refractivity contribution in [3.8, 4) is 17.2 Å². The van der Waals surface area contributed by atoms with Gasteiger partial charge < -0.3 is 24.4 Å². The normalized spacial score (nSPS) is 18.3. The Labute approximate surface area is 156 Å². The third kappa shape index (κ3) is 3.40. The van der Waals surface area contributed by atoms with Gasteiger partial charge in [0.05, 0.1) is 18.7 Å². The molecular formula is C20H20N2O5. The number of benzene rings is 2. The van der Waals surface area contributed by atoms with Gasteiger partial charge in [-0.3, -0.25) is 9.59 Å². The van der Waals surface area contributed by atoms with Crippen LogP contribution < -0.4 is 24.4 Å². The van der Waals surface area contributed by atoms with Gasteiger partial charge in [-0.1, -0.05) is 12.1 Å². The van der Waals surface area contributed by atoms with E-state index < -0.39 is 5.92 Å². The number of amides is 2. The Balaban J connectivity index is 1.46. The van der Waals surface area contributed by atoms with Crippen molar-refractivity contribution >= 4 is 23.2 Å². The summed E-state index contributed by atoms with van der Waals surface area (Å²) >= 11 is 0. The fraction of sp³-hybridized carbons (Fsp3) is 0.300. The number of ether oxygens (including phenoxy) is 3. The maximum absolute atomic E-state index is 12.7. The van der Waals surface area contributed by atoms with Gasteiger partial charge in [0, 0.05) is 24.7 Å². The maximum atomic E-state index is 12.7. The highest BCUT2D eigenvalue weighted by atomic mass is 16.6. The fourth-order valence-corrected chi connectivity index (χ4v) is 3.33. The summed E-state index contributed by atoms with van der Waals surface area (Å²) in [6, 6.07) is 12.6. The molecule has 0 aromatic heterocycles. The first-order valence-electron chi connectivity index (χ1n) is 8.79. The van der Waals surface area contributed by atoms with E-state index in [1.165, 1.54) is 0 Å². The SMILES string of the molecule is COc1ccccc1N1C[C@@H](C(=O)Nc2ccc3c(c2)OCCO3)CC1=O. The van der Waals surface area contributed by atoms with Crippen molar-refractivity contribution in [3.63, 3.8) is 0 Å². The second-order valence-corrected chi connectivity index (χ2v) is 6.42. The highest BCUT2D eigenvalue weighted by Gasteiger charge is 2.36. The molecule has 2 aromatic rings. The van der Waals surface area contributed by atoms with E-state index in [1.54, 1.807) is 36.3 Å². The summed E-state index contributed by atoms with van der Waals surface area (Å²) < 4.78 is 16.3. The van der Waals surface area contributed by atoms with Crippen molar-refractivity contribution in [1.29, 1.82) is 0 Å². The molecule has 1 fully saturated rings. The van der Waals surface area contributed by atoms with E-state index in [-0.39, 0.29) is 18.2 Å². The molecule has 7 nitrogen and oxygen atoms in total. The summed E-state index contributed by atoms with van der Waals surface area (Å²) in [5.41, 5.74) is 1.30. The van der Waals surface area contributed by atoms with Crippen molar-refractivity contribution < 1.29 is 23.8 Å². The van der Waals surface area contributed by atoms with Gasteiger partial charge in [-0.2, -0.15) is 0 Å². The van der Waals surface area contributed by atoms with Crippen molar-refractivity contribution in [1.82, 2.24) is 0 Å². The lowest BCUT2D eigenvalue weighted by molar-refractivity contribution is -0.122. The lowest BCUT2D eigenvalue weighted by atomic mass is 10.1. The van der Waals surface area contributed by atoms with Crippen molar-refractivity contribution in [2.24, 2.45) is 5.92 Å². The number of hydrogen-bond donors (Lipinski definition) is 1. The molecule has 2 aliphatic heterocycles. The zero-order valence-electron chi connectivity index (χ0n) is 14.9. The minimum Gasteiger partial charge on any atom is -0.495 e. The zero-order valence-corrected chi connectivity index (χ0v) is 14.9. The summed E-state index contributed by atoms with van der Waals surface area (Å²) in [6.45, 7) is 1.31. The molecule has 0 spiro atoms. The molecule has 7 heteroatoms. The van der Waals surface area contributed by atoms with Crippen molar-refractivity contribution in [3.05, 3.63) is 42.5 Å². The highest BCUT2D eigenvalue weighted by molar-refractivity contribution is 6.04. The van der Waals surface area contributed by atoms with Gasteiger partial charge in [0.15, 0.2) is 11.5 Å². The lowest BCUT2D eigenvalue weighted by Crippen LogP contribution is -2.28. The lowest BCUT2D eigenvalue weighted by Gasteiger charge is -2.20. The number of anilines is 2. The molecule has 1 saturated heterocycles. The predicted octanol–water partition coefficient (Wildman–Crippen LogP) is 2.46. The van der Waals surface area contributed by atoms with Crippen molar-refractivity contribution in [2.75, 3.05) is 37.1 Å². The Morgan fingerprint density at radius 2 is 1.93 bits per heavy atom. The van der Waals surface area contributed by atoms with E-state index >= 15 is 0 Å². The molecule has 0 aliphatic carbocycles. The van der Waals surface area contributed by atoms with Gasteiger partial charge in [0.25, 0.3) is 0 Å². The Kier molecular flexibility index (Phi) is 4.58. The Morgan fingerprint density at radius 1 is 1.15 bits per heavy atom. The van der Waals surface area contributed by atoms with Crippen LogP contribution in [-0.2, 0) is 9.59 Å². The van der Waals surface area contributed by atoms with E-state index in [4.69, 9.17) is 14.2 Å². The Hall–Kier alpha value is -3.22. The molecule has 27 heavy (non-hydrogen) atoms. The summed E-state index contributed by atoms with van der Waals surface area (Å²) in [6.07, 6.45) is 0.161. The predicted molar refractivity (Wildman–Crippen MR) is 99.5 cm³/mol. The van der Waals surface area contributed by atoms with Crippen LogP contribution in [0, 0.1) is 5.92 Å². The molecule has 140 valence electrons. The monoisotopic (exact) mass is 368 g/mol. The van der Waals surface area contributed by atoms with E-state index in [0.717, 1.165) is 0 Å². The largest absolute Gasteiger partial charge is 0.495 e. The Morgan fingerprint density at radius 3 is 2.74 bits per heavy atom. The summed E-state index contributed by atoms with van der Waals surface area (Å²) in [5, 5.41) is 2.87. The van der Waals surface area contributed by atoms with Crippen LogP contribution in [0.3, 0.4) is 0 Å². The molecule has 2 heterocycles. The van der Waals surface area contributed by atoms with E-state index in [1.807, 2.05) is 18.2 Å². The highest BCUT2D eigenvalue weighted by Crippen LogP contribution is 2.35. The third-order valence-electron chi connectivity index (χ3n) is 4.68. The van der Waals surface area contributed by atoms with Crippen LogP contribution in [0.2, 0.25) is 0 Å².